The van der Waals surface area contributed by atoms with Crippen LogP contribution in [0.1, 0.15) is 0 Å². The monoisotopic (exact) mass is 327 g/mol. The third-order valence-electron chi connectivity index (χ3n) is 4.40. The highest BCUT2D eigenvalue weighted by Gasteiger charge is 2.11. The number of benzene rings is 1. The van der Waals surface area contributed by atoms with E-state index in [1.165, 1.54) is 6.07 Å². The zero-order valence-electron chi connectivity index (χ0n) is 13.1. The van der Waals surface area contributed by atoms with Crippen LogP contribution in [-0.4, -0.2) is 24.6 Å². The summed E-state index contributed by atoms with van der Waals surface area (Å²) in [6.45, 7) is 0. The van der Waals surface area contributed by atoms with Gasteiger partial charge < -0.3 is 9.38 Å². The highest BCUT2D eigenvalue weighted by Crippen LogP contribution is 2.32. The van der Waals surface area contributed by atoms with Gasteiger partial charge in [0.25, 0.3) is 0 Å². The van der Waals surface area contributed by atoms with Gasteiger partial charge in [0.2, 0.25) is 5.56 Å². The van der Waals surface area contributed by atoms with Crippen molar-refractivity contribution >= 4 is 16.4 Å². The number of nitrogens with one attached hydrogen (secondary N) is 2. The number of fused-ring (bicyclic) bond motifs is 2. The van der Waals surface area contributed by atoms with E-state index in [-0.39, 0.29) is 5.56 Å². The Bertz CT molecular complexity index is 1260. The topological polar surface area (TPSA) is 78.8 Å². The molecule has 0 aliphatic heterocycles. The van der Waals surface area contributed by atoms with Crippen LogP contribution in [0.2, 0.25) is 0 Å². The van der Waals surface area contributed by atoms with Gasteiger partial charge in [-0.2, -0.15) is 5.10 Å². The maximum Gasteiger partial charge on any atom is 0.247 e. The number of rotatable bonds is 2. The van der Waals surface area contributed by atoms with Crippen molar-refractivity contribution in [2.45, 2.75) is 0 Å². The molecule has 0 spiro atoms. The van der Waals surface area contributed by atoms with Crippen molar-refractivity contribution in [3.05, 3.63) is 77.9 Å². The first-order chi connectivity index (χ1) is 12.3. The Hall–Kier alpha value is -3.67. The molecule has 0 bridgehead atoms. The van der Waals surface area contributed by atoms with E-state index >= 15 is 0 Å². The minimum Gasteiger partial charge on any atom is -0.328 e. The van der Waals surface area contributed by atoms with Gasteiger partial charge in [-0.1, -0.05) is 18.2 Å². The summed E-state index contributed by atoms with van der Waals surface area (Å²) in [6.07, 6.45) is 9.19. The van der Waals surface area contributed by atoms with Crippen LogP contribution in [0.15, 0.2) is 72.3 Å². The van der Waals surface area contributed by atoms with Gasteiger partial charge in [-0.15, -0.1) is 0 Å². The molecular formula is C19H13N5O. The number of imidazole rings is 1. The minimum atomic E-state index is -0.119. The fourth-order valence-electron chi connectivity index (χ4n) is 3.20. The van der Waals surface area contributed by atoms with Crippen LogP contribution in [-0.2, 0) is 0 Å². The SMILES string of the molecule is O=c1ccc(-c2cc(-c3cccc4cn[nH]c34)cn3cncc23)c[nH]1. The molecule has 1 aromatic carbocycles. The van der Waals surface area contributed by atoms with Crippen molar-refractivity contribution in [2.75, 3.05) is 0 Å². The van der Waals surface area contributed by atoms with Crippen LogP contribution in [0.3, 0.4) is 0 Å². The Morgan fingerprint density at radius 2 is 1.96 bits per heavy atom. The summed E-state index contributed by atoms with van der Waals surface area (Å²) in [5.74, 6) is 0. The summed E-state index contributed by atoms with van der Waals surface area (Å²) in [6, 6.07) is 11.6. The van der Waals surface area contributed by atoms with E-state index < -0.39 is 0 Å². The van der Waals surface area contributed by atoms with Gasteiger partial charge in [0, 0.05) is 46.1 Å². The fraction of sp³-hybridized carbons (Fsp3) is 0. The van der Waals surface area contributed by atoms with Crippen LogP contribution in [0.5, 0.6) is 0 Å². The smallest absolute Gasteiger partial charge is 0.247 e. The molecular weight excluding hydrogens is 314 g/mol. The first-order valence-corrected chi connectivity index (χ1v) is 7.87. The third kappa shape index (κ3) is 2.15. The molecule has 5 aromatic rings. The molecule has 4 aromatic heterocycles. The van der Waals surface area contributed by atoms with E-state index in [0.29, 0.717) is 0 Å². The molecule has 4 heterocycles. The van der Waals surface area contributed by atoms with Crippen LogP contribution >= 0.6 is 0 Å². The summed E-state index contributed by atoms with van der Waals surface area (Å²) in [5.41, 5.74) is 5.90. The van der Waals surface area contributed by atoms with Gasteiger partial charge in [-0.25, -0.2) is 4.98 Å². The van der Waals surface area contributed by atoms with Crippen LogP contribution in [0.4, 0.5) is 0 Å². The minimum absolute atomic E-state index is 0.119. The summed E-state index contributed by atoms with van der Waals surface area (Å²) >= 11 is 0. The highest BCUT2D eigenvalue weighted by molar-refractivity contribution is 5.95. The number of hydrogen-bond donors (Lipinski definition) is 2. The van der Waals surface area contributed by atoms with Crippen LogP contribution < -0.4 is 5.56 Å². The predicted octanol–water partition coefficient (Wildman–Crippen LogP) is 3.23. The number of aromatic nitrogens is 5. The normalized spacial score (nSPS) is 11.4. The van der Waals surface area contributed by atoms with Gasteiger partial charge in [0.1, 0.15) is 0 Å². The van der Waals surface area contributed by atoms with E-state index in [1.807, 2.05) is 41.2 Å². The van der Waals surface area contributed by atoms with E-state index in [1.54, 1.807) is 12.5 Å². The number of para-hydroxylation sites is 1. The molecule has 5 rings (SSSR count). The molecule has 25 heavy (non-hydrogen) atoms. The second kappa shape index (κ2) is 5.17. The standard InChI is InChI=1S/C19H13N5O/c25-18-5-4-12(7-21-18)16-6-14(10-24-11-20-9-17(16)24)15-3-1-2-13-8-22-23-19(13)15/h1-11H,(H,21,25)(H,22,23). The van der Waals surface area contributed by atoms with Crippen molar-refractivity contribution in [1.29, 1.82) is 0 Å². The van der Waals surface area contributed by atoms with Gasteiger partial charge in [-0.3, -0.25) is 9.89 Å². The molecule has 0 saturated heterocycles. The van der Waals surface area contributed by atoms with E-state index in [2.05, 4.69) is 32.3 Å². The Morgan fingerprint density at radius 1 is 1.00 bits per heavy atom. The number of H-pyrrole nitrogens is 2. The zero-order valence-corrected chi connectivity index (χ0v) is 13.1. The van der Waals surface area contributed by atoms with Crippen molar-refractivity contribution in [2.24, 2.45) is 0 Å². The lowest BCUT2D eigenvalue weighted by Gasteiger charge is -2.10. The number of aromatic amines is 2. The number of hydrogen-bond acceptors (Lipinski definition) is 3. The lowest BCUT2D eigenvalue weighted by atomic mass is 10.00. The summed E-state index contributed by atoms with van der Waals surface area (Å²) in [4.78, 5) is 18.4. The number of pyridine rings is 2. The quantitative estimate of drug-likeness (QED) is 0.522. The largest absolute Gasteiger partial charge is 0.328 e. The van der Waals surface area contributed by atoms with Crippen LogP contribution in [0, 0.1) is 0 Å². The molecule has 0 atom stereocenters. The molecule has 2 N–H and O–H groups in total. The van der Waals surface area contributed by atoms with Crippen molar-refractivity contribution in [3.63, 3.8) is 0 Å². The molecule has 0 unspecified atom stereocenters. The first-order valence-electron chi connectivity index (χ1n) is 7.87. The Balaban J connectivity index is 1.82. The molecule has 0 amide bonds. The second-order valence-electron chi connectivity index (χ2n) is 5.91. The molecule has 0 aliphatic carbocycles. The van der Waals surface area contributed by atoms with Gasteiger partial charge in [-0.05, 0) is 12.1 Å². The van der Waals surface area contributed by atoms with Crippen molar-refractivity contribution in [3.8, 4) is 22.3 Å². The summed E-state index contributed by atoms with van der Waals surface area (Å²) in [7, 11) is 0. The van der Waals surface area contributed by atoms with Gasteiger partial charge >= 0.3 is 0 Å². The highest BCUT2D eigenvalue weighted by atomic mass is 16.1. The van der Waals surface area contributed by atoms with E-state index in [4.69, 9.17) is 0 Å². The fourth-order valence-corrected chi connectivity index (χ4v) is 3.20. The lowest BCUT2D eigenvalue weighted by Crippen LogP contribution is -2.01. The molecule has 0 radical (unpaired) electrons. The second-order valence-corrected chi connectivity index (χ2v) is 5.91. The maximum absolute atomic E-state index is 11.4. The molecule has 6 nitrogen and oxygen atoms in total. The Kier molecular flexibility index (Phi) is 2.84. The van der Waals surface area contributed by atoms with Crippen molar-refractivity contribution in [1.82, 2.24) is 24.6 Å². The lowest BCUT2D eigenvalue weighted by molar-refractivity contribution is 1.12. The zero-order chi connectivity index (χ0) is 16.8. The molecule has 6 heteroatoms. The maximum atomic E-state index is 11.4. The molecule has 0 saturated carbocycles. The molecule has 0 aliphatic rings. The average Bonchev–Trinajstić information content (AvgIpc) is 3.30. The number of nitrogens with zero attached hydrogens (tertiary/aromatic N) is 3. The van der Waals surface area contributed by atoms with Gasteiger partial charge in [0.05, 0.1) is 29.8 Å². The van der Waals surface area contributed by atoms with E-state index in [9.17, 15) is 4.79 Å². The Morgan fingerprint density at radius 3 is 2.84 bits per heavy atom. The average molecular weight is 327 g/mol. The van der Waals surface area contributed by atoms with Crippen molar-refractivity contribution < 1.29 is 0 Å². The Labute approximate surface area is 141 Å². The first kappa shape index (κ1) is 13.7. The van der Waals surface area contributed by atoms with Crippen LogP contribution in [0.25, 0.3) is 38.7 Å². The predicted molar refractivity (Wildman–Crippen MR) is 96.3 cm³/mol. The van der Waals surface area contributed by atoms with E-state index in [0.717, 1.165) is 38.7 Å². The molecule has 120 valence electrons. The third-order valence-corrected chi connectivity index (χ3v) is 4.40. The molecule has 0 fully saturated rings. The summed E-state index contributed by atoms with van der Waals surface area (Å²) < 4.78 is 1.99. The van der Waals surface area contributed by atoms with Gasteiger partial charge in [0.15, 0.2) is 0 Å². The summed E-state index contributed by atoms with van der Waals surface area (Å²) in [5, 5.41) is 8.28.